The smallest absolute Gasteiger partial charge is 0.260 e. The van der Waals surface area contributed by atoms with Crippen molar-refractivity contribution in [1.29, 1.82) is 0 Å². The van der Waals surface area contributed by atoms with Crippen LogP contribution in [0.4, 0.5) is 0 Å². The number of halogens is 1. The van der Waals surface area contributed by atoms with Gasteiger partial charge in [-0.05, 0) is 0 Å². The van der Waals surface area contributed by atoms with E-state index in [1.54, 1.807) is 0 Å². The van der Waals surface area contributed by atoms with Crippen LogP contribution in [-0.2, 0) is 0 Å². The van der Waals surface area contributed by atoms with Gasteiger partial charge in [0.1, 0.15) is 11.7 Å². The summed E-state index contributed by atoms with van der Waals surface area (Å²) in [5.74, 6) is -0.582. The summed E-state index contributed by atoms with van der Waals surface area (Å²) < 4.78 is 0. The molecule has 0 aliphatic carbocycles. The van der Waals surface area contributed by atoms with Gasteiger partial charge in [-0.25, -0.2) is 4.98 Å². The number of alkyl halides is 1. The van der Waals surface area contributed by atoms with E-state index in [0.717, 1.165) is 6.33 Å². The van der Waals surface area contributed by atoms with Gasteiger partial charge < -0.3 is 20.3 Å². The highest BCUT2D eigenvalue weighted by molar-refractivity contribution is 9.09. The molecule has 2 atom stereocenters. The molecule has 0 aromatic carbocycles. The summed E-state index contributed by atoms with van der Waals surface area (Å²) in [6.45, 7) is 0. The zero-order chi connectivity index (χ0) is 10.7. The minimum atomic E-state index is -1.47. The third kappa shape index (κ3) is 2.11. The first kappa shape index (κ1) is 11.2. The molecule has 0 spiro atoms. The summed E-state index contributed by atoms with van der Waals surface area (Å²) in [7, 11) is 0. The first-order valence-corrected chi connectivity index (χ1v) is 4.88. The molecule has 0 aliphatic rings. The number of aromatic amines is 1. The number of aromatic hydroxyl groups is 1. The topological polar surface area (TPSA) is 106 Å². The number of aromatic nitrogens is 2. The highest BCUT2D eigenvalue weighted by Gasteiger charge is 2.24. The van der Waals surface area contributed by atoms with Crippen LogP contribution in [0.2, 0.25) is 0 Å². The monoisotopic (exact) mass is 264 g/mol. The molecule has 4 N–H and O–H groups in total. The molecule has 0 fully saturated rings. The van der Waals surface area contributed by atoms with Gasteiger partial charge in [0.05, 0.1) is 12.4 Å². The summed E-state index contributed by atoms with van der Waals surface area (Å²) in [6, 6.07) is 0. The number of aliphatic hydroxyl groups is 2. The minimum Gasteiger partial charge on any atom is -0.493 e. The van der Waals surface area contributed by atoms with Crippen molar-refractivity contribution in [3.8, 4) is 5.88 Å². The van der Waals surface area contributed by atoms with Gasteiger partial charge in [0.2, 0.25) is 5.88 Å². The van der Waals surface area contributed by atoms with E-state index in [-0.39, 0.29) is 10.9 Å². The summed E-state index contributed by atoms with van der Waals surface area (Å²) in [4.78, 5) is 16.7. The Hall–Kier alpha value is -0.920. The molecule has 14 heavy (non-hydrogen) atoms. The van der Waals surface area contributed by atoms with E-state index in [2.05, 4.69) is 25.9 Å². The molecule has 0 bridgehead atoms. The Kier molecular flexibility index (Phi) is 3.62. The maximum Gasteiger partial charge on any atom is 0.260 e. The molecule has 6 nitrogen and oxygen atoms in total. The second-order valence-corrected chi connectivity index (χ2v) is 3.28. The lowest BCUT2D eigenvalue weighted by Gasteiger charge is -2.14. The van der Waals surface area contributed by atoms with Crippen molar-refractivity contribution in [3.63, 3.8) is 0 Å². The third-order valence-electron chi connectivity index (χ3n) is 1.69. The number of rotatable bonds is 3. The Bertz CT molecular complexity index is 367. The summed E-state index contributed by atoms with van der Waals surface area (Å²) in [5, 5.41) is 28.0. The molecular formula is C7H9BrN2O4. The van der Waals surface area contributed by atoms with Crippen LogP contribution in [0.1, 0.15) is 11.7 Å². The maximum atomic E-state index is 11.2. The molecule has 0 aliphatic heterocycles. The van der Waals surface area contributed by atoms with E-state index in [4.69, 9.17) is 0 Å². The number of nitrogens with one attached hydrogen (secondary N) is 1. The van der Waals surface area contributed by atoms with Crippen LogP contribution in [0.3, 0.4) is 0 Å². The Labute approximate surface area is 87.4 Å². The molecule has 0 saturated carbocycles. The van der Waals surface area contributed by atoms with Crippen molar-refractivity contribution in [2.75, 3.05) is 5.33 Å². The van der Waals surface area contributed by atoms with Crippen LogP contribution >= 0.6 is 15.9 Å². The fourth-order valence-electron chi connectivity index (χ4n) is 0.944. The molecule has 1 aromatic rings. The van der Waals surface area contributed by atoms with E-state index in [1.807, 2.05) is 0 Å². The van der Waals surface area contributed by atoms with Crippen LogP contribution in [0.15, 0.2) is 11.1 Å². The largest absolute Gasteiger partial charge is 0.493 e. The first-order valence-electron chi connectivity index (χ1n) is 3.76. The van der Waals surface area contributed by atoms with Gasteiger partial charge in [0.25, 0.3) is 5.56 Å². The normalized spacial score (nSPS) is 15.1. The highest BCUT2D eigenvalue weighted by atomic mass is 79.9. The Morgan fingerprint density at radius 3 is 2.71 bits per heavy atom. The van der Waals surface area contributed by atoms with Crippen LogP contribution in [0.25, 0.3) is 0 Å². The van der Waals surface area contributed by atoms with Crippen LogP contribution in [-0.4, -0.2) is 36.7 Å². The van der Waals surface area contributed by atoms with Gasteiger partial charge in [-0.15, -0.1) is 0 Å². The van der Waals surface area contributed by atoms with Crippen molar-refractivity contribution >= 4 is 15.9 Å². The second-order valence-electron chi connectivity index (χ2n) is 2.64. The van der Waals surface area contributed by atoms with E-state index >= 15 is 0 Å². The zero-order valence-corrected chi connectivity index (χ0v) is 8.60. The average Bonchev–Trinajstić information content (AvgIpc) is 2.16. The molecule has 2 unspecified atom stereocenters. The van der Waals surface area contributed by atoms with Crippen molar-refractivity contribution in [3.05, 3.63) is 22.2 Å². The molecule has 0 saturated heterocycles. The molecule has 7 heteroatoms. The van der Waals surface area contributed by atoms with Crippen LogP contribution < -0.4 is 5.56 Å². The van der Waals surface area contributed by atoms with Crippen molar-refractivity contribution < 1.29 is 15.3 Å². The van der Waals surface area contributed by atoms with Gasteiger partial charge in [-0.3, -0.25) is 4.79 Å². The summed E-state index contributed by atoms with van der Waals surface area (Å²) in [6.07, 6.45) is -1.63. The summed E-state index contributed by atoms with van der Waals surface area (Å²) in [5.41, 5.74) is -1.01. The van der Waals surface area contributed by atoms with Gasteiger partial charge in [-0.2, -0.15) is 0 Å². The minimum absolute atomic E-state index is 0.0853. The molecule has 0 radical (unpaired) electrons. The third-order valence-corrected chi connectivity index (χ3v) is 2.35. The standard InChI is InChI=1S/C7H9BrN2O4/c8-1-3(11)5(12)4-6(13)9-2-10-7(4)14/h2-3,5,11-12H,1H2,(H2,9,10,13,14). The molecule has 78 valence electrons. The maximum absolute atomic E-state index is 11.2. The Morgan fingerprint density at radius 1 is 1.57 bits per heavy atom. The van der Waals surface area contributed by atoms with Gasteiger partial charge in [-0.1, -0.05) is 15.9 Å². The quantitative estimate of drug-likeness (QED) is 0.539. The number of H-pyrrole nitrogens is 1. The number of nitrogens with zero attached hydrogens (tertiary/aromatic N) is 1. The predicted octanol–water partition coefficient (Wildman–Crippen LogP) is -0.735. The highest BCUT2D eigenvalue weighted by Crippen LogP contribution is 2.20. The Balaban J connectivity index is 3.12. The van der Waals surface area contributed by atoms with Gasteiger partial charge in [0.15, 0.2) is 0 Å². The molecule has 1 heterocycles. The van der Waals surface area contributed by atoms with Crippen molar-refractivity contribution in [2.24, 2.45) is 0 Å². The lowest BCUT2D eigenvalue weighted by Crippen LogP contribution is -2.26. The lowest BCUT2D eigenvalue weighted by molar-refractivity contribution is 0.0314. The fraction of sp³-hybridized carbons (Fsp3) is 0.429. The van der Waals surface area contributed by atoms with Crippen molar-refractivity contribution in [2.45, 2.75) is 12.2 Å². The zero-order valence-electron chi connectivity index (χ0n) is 7.01. The molecule has 0 amide bonds. The van der Waals surface area contributed by atoms with Crippen molar-refractivity contribution in [1.82, 2.24) is 9.97 Å². The van der Waals surface area contributed by atoms with Crippen LogP contribution in [0, 0.1) is 0 Å². The SMILES string of the molecule is O=c1[nH]cnc(O)c1C(O)C(O)CBr. The van der Waals surface area contributed by atoms with E-state index in [1.165, 1.54) is 0 Å². The van der Waals surface area contributed by atoms with E-state index in [9.17, 15) is 20.1 Å². The van der Waals surface area contributed by atoms with E-state index in [0.29, 0.717) is 0 Å². The van der Waals surface area contributed by atoms with Crippen LogP contribution in [0.5, 0.6) is 5.88 Å². The second kappa shape index (κ2) is 4.54. The number of aliphatic hydroxyl groups excluding tert-OH is 2. The van der Waals surface area contributed by atoms with Gasteiger partial charge in [0, 0.05) is 5.33 Å². The fourth-order valence-corrected chi connectivity index (χ4v) is 1.30. The lowest BCUT2D eigenvalue weighted by atomic mass is 10.1. The predicted molar refractivity (Wildman–Crippen MR) is 51.3 cm³/mol. The Morgan fingerprint density at radius 2 is 2.21 bits per heavy atom. The van der Waals surface area contributed by atoms with E-state index < -0.39 is 23.6 Å². The summed E-state index contributed by atoms with van der Waals surface area (Å²) >= 11 is 2.94. The molecular weight excluding hydrogens is 256 g/mol. The van der Waals surface area contributed by atoms with Gasteiger partial charge >= 0.3 is 0 Å². The first-order chi connectivity index (χ1) is 6.57. The number of hydrogen-bond donors (Lipinski definition) is 4. The molecule has 1 aromatic heterocycles. The average molecular weight is 265 g/mol. The number of hydrogen-bond acceptors (Lipinski definition) is 5. The molecule has 1 rings (SSSR count).